The van der Waals surface area contributed by atoms with Crippen LogP contribution in [0.1, 0.15) is 28.3 Å². The molecule has 34 heavy (non-hydrogen) atoms. The van der Waals surface area contributed by atoms with E-state index in [0.29, 0.717) is 12.0 Å². The molecule has 0 N–H and O–H groups in total. The van der Waals surface area contributed by atoms with Crippen LogP contribution in [-0.2, 0) is 29.5 Å². The molecule has 0 fully saturated rings. The van der Waals surface area contributed by atoms with Crippen molar-refractivity contribution >= 4 is 10.1 Å². The lowest BCUT2D eigenvalue weighted by Crippen LogP contribution is -2.38. The average molecular weight is 490 g/mol. The monoisotopic (exact) mass is 489 g/mol. The number of alkyl halides is 3. The number of fused-ring (bicyclic) bond motifs is 2. The van der Waals surface area contributed by atoms with Gasteiger partial charge in [0, 0.05) is 24.7 Å². The van der Waals surface area contributed by atoms with Gasteiger partial charge in [-0.25, -0.2) is 0 Å². The third-order valence-electron chi connectivity index (χ3n) is 6.44. The SMILES string of the molecule is COc1c(OS(=O)(=O)C(F)(F)F)ccc2c1-c1cccc3c1[C@@H](C2)N(Cc1ccccc1)CC3. The molecule has 3 aromatic carbocycles. The molecule has 0 aromatic heterocycles. The quantitative estimate of drug-likeness (QED) is 0.362. The Kier molecular flexibility index (Phi) is 5.56. The van der Waals surface area contributed by atoms with Crippen LogP contribution < -0.4 is 8.92 Å². The summed E-state index contributed by atoms with van der Waals surface area (Å²) in [5.74, 6) is -0.496. The van der Waals surface area contributed by atoms with Crippen molar-refractivity contribution in [2.45, 2.75) is 30.9 Å². The van der Waals surface area contributed by atoms with Crippen LogP contribution in [0.4, 0.5) is 13.2 Å². The first kappa shape index (κ1) is 22.7. The van der Waals surface area contributed by atoms with Gasteiger partial charge in [-0.05, 0) is 46.7 Å². The number of halogens is 3. The van der Waals surface area contributed by atoms with E-state index in [1.165, 1.54) is 24.3 Å². The van der Waals surface area contributed by atoms with E-state index in [1.54, 1.807) is 6.07 Å². The Morgan fingerprint density at radius 2 is 1.76 bits per heavy atom. The first-order valence-electron chi connectivity index (χ1n) is 10.8. The van der Waals surface area contributed by atoms with Crippen molar-refractivity contribution in [1.82, 2.24) is 4.90 Å². The van der Waals surface area contributed by atoms with Crippen LogP contribution >= 0.6 is 0 Å². The molecule has 5 nitrogen and oxygen atoms in total. The van der Waals surface area contributed by atoms with Crippen LogP contribution in [-0.4, -0.2) is 32.5 Å². The molecule has 1 aliphatic heterocycles. The molecular weight excluding hydrogens is 467 g/mol. The van der Waals surface area contributed by atoms with Crippen molar-refractivity contribution in [2.24, 2.45) is 0 Å². The fourth-order valence-corrected chi connectivity index (χ4v) is 5.46. The molecular formula is C25H22F3NO4S. The van der Waals surface area contributed by atoms with Gasteiger partial charge in [-0.1, -0.05) is 54.6 Å². The van der Waals surface area contributed by atoms with Crippen LogP contribution in [0.2, 0.25) is 0 Å². The van der Waals surface area contributed by atoms with Crippen LogP contribution in [0.25, 0.3) is 11.1 Å². The minimum absolute atomic E-state index is 0.0163. The number of ether oxygens (including phenoxy) is 1. The van der Waals surface area contributed by atoms with Gasteiger partial charge in [-0.2, -0.15) is 21.6 Å². The molecule has 0 unspecified atom stereocenters. The lowest BCUT2D eigenvalue weighted by atomic mass is 9.76. The molecule has 0 amide bonds. The van der Waals surface area contributed by atoms with Crippen molar-refractivity contribution in [1.29, 1.82) is 0 Å². The number of methoxy groups -OCH3 is 1. The fraction of sp³-hybridized carbons (Fsp3) is 0.280. The predicted octanol–water partition coefficient (Wildman–Crippen LogP) is 5.25. The van der Waals surface area contributed by atoms with E-state index < -0.39 is 21.4 Å². The van der Waals surface area contributed by atoms with Gasteiger partial charge in [0.15, 0.2) is 11.5 Å². The number of rotatable bonds is 5. The van der Waals surface area contributed by atoms with E-state index in [-0.39, 0.29) is 11.8 Å². The van der Waals surface area contributed by atoms with Gasteiger partial charge in [0.05, 0.1) is 7.11 Å². The van der Waals surface area contributed by atoms with E-state index >= 15 is 0 Å². The second kappa shape index (κ2) is 8.32. The highest BCUT2D eigenvalue weighted by Gasteiger charge is 2.49. The van der Waals surface area contributed by atoms with Gasteiger partial charge in [-0.3, -0.25) is 4.90 Å². The number of hydrogen-bond acceptors (Lipinski definition) is 5. The summed E-state index contributed by atoms with van der Waals surface area (Å²) in [6.45, 7) is 1.66. The largest absolute Gasteiger partial charge is 0.534 e. The maximum absolute atomic E-state index is 13.0. The zero-order valence-corrected chi connectivity index (χ0v) is 19.1. The van der Waals surface area contributed by atoms with Gasteiger partial charge in [0.1, 0.15) is 0 Å². The summed E-state index contributed by atoms with van der Waals surface area (Å²) in [6.07, 6.45) is 1.46. The number of benzene rings is 3. The van der Waals surface area contributed by atoms with E-state index in [1.807, 2.05) is 30.3 Å². The highest BCUT2D eigenvalue weighted by Crippen LogP contribution is 2.51. The van der Waals surface area contributed by atoms with E-state index in [4.69, 9.17) is 4.74 Å². The number of hydrogen-bond donors (Lipinski definition) is 0. The minimum atomic E-state index is -5.83. The molecule has 1 aliphatic carbocycles. The predicted molar refractivity (Wildman–Crippen MR) is 121 cm³/mol. The summed E-state index contributed by atoms with van der Waals surface area (Å²) in [5, 5.41) is 0. The van der Waals surface area contributed by atoms with Crippen molar-refractivity contribution in [3.63, 3.8) is 0 Å². The second-order valence-corrected chi connectivity index (χ2v) is 9.96. The third kappa shape index (κ3) is 3.82. The molecule has 0 radical (unpaired) electrons. The molecule has 2 aliphatic rings. The maximum atomic E-state index is 13.0. The fourth-order valence-electron chi connectivity index (χ4n) is 5.00. The molecule has 5 rings (SSSR count). The normalized spacial score (nSPS) is 17.6. The van der Waals surface area contributed by atoms with Crippen molar-refractivity contribution < 1.29 is 30.5 Å². The third-order valence-corrected chi connectivity index (χ3v) is 7.41. The summed E-state index contributed by atoms with van der Waals surface area (Å²) in [6, 6.07) is 19.0. The van der Waals surface area contributed by atoms with Crippen LogP contribution in [0.15, 0.2) is 60.7 Å². The van der Waals surface area contributed by atoms with Crippen molar-refractivity contribution in [3.05, 3.63) is 82.9 Å². The molecule has 0 saturated heterocycles. The lowest BCUT2D eigenvalue weighted by Gasteiger charge is -2.42. The molecule has 3 aromatic rings. The summed E-state index contributed by atoms with van der Waals surface area (Å²) in [4.78, 5) is 2.41. The summed E-state index contributed by atoms with van der Waals surface area (Å²) in [7, 11) is -4.53. The second-order valence-electron chi connectivity index (χ2n) is 8.42. The first-order valence-corrected chi connectivity index (χ1v) is 12.2. The van der Waals surface area contributed by atoms with Gasteiger partial charge in [-0.15, -0.1) is 0 Å². The highest BCUT2D eigenvalue weighted by molar-refractivity contribution is 7.88. The van der Waals surface area contributed by atoms with E-state index in [9.17, 15) is 21.6 Å². The first-order chi connectivity index (χ1) is 16.2. The summed E-state index contributed by atoms with van der Waals surface area (Å²) >= 11 is 0. The Morgan fingerprint density at radius 3 is 2.47 bits per heavy atom. The van der Waals surface area contributed by atoms with Crippen LogP contribution in [0.5, 0.6) is 11.5 Å². The maximum Gasteiger partial charge on any atom is 0.534 e. The molecule has 0 spiro atoms. The Balaban J connectivity index is 1.60. The smallest absolute Gasteiger partial charge is 0.492 e. The van der Waals surface area contributed by atoms with Gasteiger partial charge in [0.2, 0.25) is 0 Å². The lowest BCUT2D eigenvalue weighted by molar-refractivity contribution is -0.0500. The molecule has 1 heterocycles. The summed E-state index contributed by atoms with van der Waals surface area (Å²) in [5.41, 5.74) is 0.208. The molecule has 0 bridgehead atoms. The highest BCUT2D eigenvalue weighted by atomic mass is 32.2. The van der Waals surface area contributed by atoms with Gasteiger partial charge >= 0.3 is 15.6 Å². The van der Waals surface area contributed by atoms with E-state index in [2.05, 4.69) is 27.3 Å². The van der Waals surface area contributed by atoms with Crippen LogP contribution in [0, 0.1) is 0 Å². The molecule has 9 heteroatoms. The zero-order valence-electron chi connectivity index (χ0n) is 18.3. The standard InChI is InChI=1S/C25H22F3NO4S/c1-32-24-21(33-34(30,31)25(26,27)28)11-10-18-14-20-22-17(8-5-9-19(22)23(18)24)12-13-29(20)15-16-6-3-2-4-7-16/h2-11,20H,12-15H2,1H3/t20-/m1/s1. The zero-order chi connectivity index (χ0) is 24.1. The van der Waals surface area contributed by atoms with Crippen LogP contribution in [0.3, 0.4) is 0 Å². The number of nitrogens with zero attached hydrogens (tertiary/aromatic N) is 1. The average Bonchev–Trinajstić information content (AvgIpc) is 2.80. The molecule has 0 saturated carbocycles. The molecule has 1 atom stereocenters. The van der Waals surface area contributed by atoms with Gasteiger partial charge in [0.25, 0.3) is 0 Å². The van der Waals surface area contributed by atoms with Crippen molar-refractivity contribution in [2.75, 3.05) is 13.7 Å². The minimum Gasteiger partial charge on any atom is -0.492 e. The Bertz CT molecular complexity index is 1340. The Hall–Kier alpha value is -3.04. The topological polar surface area (TPSA) is 55.8 Å². The van der Waals surface area contributed by atoms with Gasteiger partial charge < -0.3 is 8.92 Å². The van der Waals surface area contributed by atoms with E-state index in [0.717, 1.165) is 36.2 Å². The summed E-state index contributed by atoms with van der Waals surface area (Å²) < 4.78 is 72.1. The Morgan fingerprint density at radius 1 is 1.00 bits per heavy atom. The molecule has 178 valence electrons. The Labute approximate surface area is 195 Å². The van der Waals surface area contributed by atoms with Crippen molar-refractivity contribution in [3.8, 4) is 22.6 Å².